The van der Waals surface area contributed by atoms with Crippen molar-refractivity contribution < 1.29 is 28.6 Å². The molecule has 62 heavy (non-hydrogen) atoms. The van der Waals surface area contributed by atoms with Gasteiger partial charge in [0.25, 0.3) is 0 Å². The van der Waals surface area contributed by atoms with Gasteiger partial charge in [0.05, 0.1) is 0 Å². The van der Waals surface area contributed by atoms with E-state index in [0.717, 1.165) is 83.5 Å². The molecule has 0 saturated carbocycles. The highest BCUT2D eigenvalue weighted by Gasteiger charge is 2.19. The minimum absolute atomic E-state index is 0.139. The van der Waals surface area contributed by atoms with Crippen molar-refractivity contribution in [2.24, 2.45) is 0 Å². The molecule has 1 unspecified atom stereocenters. The van der Waals surface area contributed by atoms with Gasteiger partial charge in [-0.2, -0.15) is 0 Å². The molecule has 0 amide bonds. The highest BCUT2D eigenvalue weighted by atomic mass is 16.6. The second-order valence-corrected chi connectivity index (χ2v) is 14.5. The van der Waals surface area contributed by atoms with Crippen LogP contribution in [0.4, 0.5) is 0 Å². The SMILES string of the molecule is CC\C=C/C=C\C=C/C=C\C=C/CCCC(=O)OC(COC(=O)CCCCC\C=C/C=C\C=C\C=C/C=C\C=C/C=C\CC)COC(=O)CCCCCCC/C=C\C/C=C\CC. The Morgan fingerprint density at radius 2 is 0.677 bits per heavy atom. The molecule has 0 N–H and O–H groups in total. The van der Waals surface area contributed by atoms with E-state index in [2.05, 4.69) is 63.3 Å². The Bertz CT molecular complexity index is 1530. The maximum atomic E-state index is 12.7. The van der Waals surface area contributed by atoms with Crippen LogP contribution >= 0.6 is 0 Å². The fraction of sp³-hybridized carbons (Fsp3) is 0.446. The average molecular weight is 849 g/mol. The maximum absolute atomic E-state index is 12.7. The molecule has 0 aromatic heterocycles. The number of unbranched alkanes of at least 4 members (excludes halogenated alkanes) is 9. The molecule has 0 aromatic carbocycles. The molecule has 0 aliphatic carbocycles. The van der Waals surface area contributed by atoms with Crippen molar-refractivity contribution in [1.29, 1.82) is 0 Å². The molecule has 0 fully saturated rings. The molecule has 0 radical (unpaired) electrons. The smallest absolute Gasteiger partial charge is 0.306 e. The first-order chi connectivity index (χ1) is 30.5. The average Bonchev–Trinajstić information content (AvgIpc) is 3.27. The molecule has 0 heterocycles. The van der Waals surface area contributed by atoms with E-state index >= 15 is 0 Å². The Balaban J connectivity index is 4.65. The van der Waals surface area contributed by atoms with Crippen LogP contribution in [0, 0.1) is 0 Å². The van der Waals surface area contributed by atoms with Gasteiger partial charge in [0.2, 0.25) is 0 Å². The first-order valence-electron chi connectivity index (χ1n) is 23.3. The summed E-state index contributed by atoms with van der Waals surface area (Å²) in [6.45, 7) is 6.07. The van der Waals surface area contributed by atoms with Crippen LogP contribution in [-0.2, 0) is 28.6 Å². The van der Waals surface area contributed by atoms with E-state index in [4.69, 9.17) is 14.2 Å². The van der Waals surface area contributed by atoms with Gasteiger partial charge in [0.15, 0.2) is 6.10 Å². The van der Waals surface area contributed by atoms with E-state index in [1.165, 1.54) is 0 Å². The van der Waals surface area contributed by atoms with Crippen molar-refractivity contribution in [2.45, 2.75) is 149 Å². The van der Waals surface area contributed by atoms with E-state index in [1.54, 1.807) is 0 Å². The molecule has 0 spiro atoms. The Hall–Kier alpha value is -5.23. The van der Waals surface area contributed by atoms with Crippen molar-refractivity contribution in [3.63, 3.8) is 0 Å². The summed E-state index contributed by atoms with van der Waals surface area (Å²) in [6, 6.07) is 0. The predicted octanol–water partition coefficient (Wildman–Crippen LogP) is 15.2. The maximum Gasteiger partial charge on any atom is 0.306 e. The minimum Gasteiger partial charge on any atom is -0.462 e. The van der Waals surface area contributed by atoms with Gasteiger partial charge in [-0.25, -0.2) is 0 Å². The Morgan fingerprint density at radius 1 is 0.339 bits per heavy atom. The van der Waals surface area contributed by atoms with Gasteiger partial charge in [-0.05, 0) is 77.0 Å². The second-order valence-electron chi connectivity index (χ2n) is 14.5. The Morgan fingerprint density at radius 3 is 1.15 bits per heavy atom. The number of carbonyl (C=O) groups is 3. The molecule has 340 valence electrons. The van der Waals surface area contributed by atoms with Crippen molar-refractivity contribution in [3.05, 3.63) is 170 Å². The number of ether oxygens (including phenoxy) is 3. The number of esters is 3. The lowest BCUT2D eigenvalue weighted by Crippen LogP contribution is -2.30. The number of rotatable bonds is 38. The number of hydrogen-bond donors (Lipinski definition) is 0. The normalized spacial score (nSPS) is 13.7. The van der Waals surface area contributed by atoms with Gasteiger partial charge in [0, 0.05) is 19.3 Å². The van der Waals surface area contributed by atoms with Crippen molar-refractivity contribution in [1.82, 2.24) is 0 Å². The van der Waals surface area contributed by atoms with Crippen molar-refractivity contribution in [3.8, 4) is 0 Å². The van der Waals surface area contributed by atoms with Crippen molar-refractivity contribution in [2.75, 3.05) is 13.2 Å². The van der Waals surface area contributed by atoms with Crippen LogP contribution in [0.15, 0.2) is 170 Å². The molecule has 0 rings (SSSR count). The number of hydrogen-bond acceptors (Lipinski definition) is 6. The summed E-state index contributed by atoms with van der Waals surface area (Å²) < 4.78 is 16.6. The zero-order valence-electron chi connectivity index (χ0n) is 38.5. The summed E-state index contributed by atoms with van der Waals surface area (Å²) in [5, 5.41) is 0. The highest BCUT2D eigenvalue weighted by Crippen LogP contribution is 2.11. The molecule has 6 nitrogen and oxygen atoms in total. The molecular weight excluding hydrogens is 769 g/mol. The highest BCUT2D eigenvalue weighted by molar-refractivity contribution is 5.71. The van der Waals surface area contributed by atoms with E-state index in [1.807, 2.05) is 128 Å². The minimum atomic E-state index is -0.848. The third kappa shape index (κ3) is 45.8. The predicted molar refractivity (Wildman–Crippen MR) is 265 cm³/mol. The zero-order valence-corrected chi connectivity index (χ0v) is 38.5. The quantitative estimate of drug-likeness (QED) is 0.0202. The van der Waals surface area contributed by atoms with Gasteiger partial charge >= 0.3 is 17.9 Å². The summed E-state index contributed by atoms with van der Waals surface area (Å²) in [4.78, 5) is 37.8. The first-order valence-corrected chi connectivity index (χ1v) is 23.3. The summed E-state index contributed by atoms with van der Waals surface area (Å²) in [7, 11) is 0. The number of carbonyl (C=O) groups excluding carboxylic acids is 3. The summed E-state index contributed by atoms with van der Waals surface area (Å²) in [5.74, 6) is -1.10. The second kappa shape index (κ2) is 48.4. The third-order valence-corrected chi connectivity index (χ3v) is 8.77. The molecular formula is C56H80O6. The van der Waals surface area contributed by atoms with E-state index in [9.17, 15) is 14.4 Å². The van der Waals surface area contributed by atoms with Gasteiger partial charge in [-0.15, -0.1) is 0 Å². The Labute approximate surface area is 377 Å². The zero-order chi connectivity index (χ0) is 45.1. The lowest BCUT2D eigenvalue weighted by molar-refractivity contribution is -0.167. The van der Waals surface area contributed by atoms with E-state index in [-0.39, 0.29) is 38.0 Å². The topological polar surface area (TPSA) is 78.9 Å². The summed E-state index contributed by atoms with van der Waals surface area (Å²) >= 11 is 0. The van der Waals surface area contributed by atoms with Gasteiger partial charge in [0.1, 0.15) is 13.2 Å². The Kier molecular flexibility index (Phi) is 44.4. The fourth-order valence-corrected chi connectivity index (χ4v) is 5.37. The molecule has 0 aliphatic heterocycles. The van der Waals surface area contributed by atoms with Crippen LogP contribution < -0.4 is 0 Å². The molecule has 0 bridgehead atoms. The van der Waals surface area contributed by atoms with Gasteiger partial charge < -0.3 is 14.2 Å². The molecule has 0 aliphatic rings. The van der Waals surface area contributed by atoms with Crippen LogP contribution in [-0.4, -0.2) is 37.2 Å². The summed E-state index contributed by atoms with van der Waals surface area (Å²) in [6.07, 6.45) is 72.0. The monoisotopic (exact) mass is 849 g/mol. The molecule has 0 saturated heterocycles. The standard InChI is InChI=1S/C56H80O6/c1-4-7-10-13-16-19-22-25-26-27-28-29-30-32-34-37-40-43-46-49-55(58)61-52-53(51-60-54(57)48-45-42-39-36-33-24-21-18-15-12-9-6-3)62-56(59)50-47-44-41-38-35-31-23-20-17-14-11-8-5-2/h7-14,16-23,25-32,34-35,38,41,53H,4-6,15,24,33,36-37,39-40,42-52H2,1-3H3/b10-7-,11-8-,12-9-,16-13-,17-14-,21-18-,22-19-,23-20-,26-25-,28-27+,30-29-,34-32-,35-31-,41-38-. The van der Waals surface area contributed by atoms with Crippen LogP contribution in [0.25, 0.3) is 0 Å². The van der Waals surface area contributed by atoms with Gasteiger partial charge in [-0.1, -0.05) is 217 Å². The number of allylic oxidation sites excluding steroid dienone is 28. The van der Waals surface area contributed by atoms with Crippen LogP contribution in [0.1, 0.15) is 143 Å². The van der Waals surface area contributed by atoms with E-state index in [0.29, 0.717) is 25.7 Å². The largest absolute Gasteiger partial charge is 0.462 e. The lowest BCUT2D eigenvalue weighted by atomic mass is 10.1. The van der Waals surface area contributed by atoms with Crippen LogP contribution in [0.5, 0.6) is 0 Å². The van der Waals surface area contributed by atoms with Gasteiger partial charge in [-0.3, -0.25) is 14.4 Å². The lowest BCUT2D eigenvalue weighted by Gasteiger charge is -2.18. The van der Waals surface area contributed by atoms with Crippen LogP contribution in [0.3, 0.4) is 0 Å². The molecule has 6 heteroatoms. The van der Waals surface area contributed by atoms with Crippen molar-refractivity contribution >= 4 is 17.9 Å². The first kappa shape index (κ1) is 56.8. The van der Waals surface area contributed by atoms with Crippen LogP contribution in [0.2, 0.25) is 0 Å². The summed E-state index contributed by atoms with van der Waals surface area (Å²) in [5.41, 5.74) is 0. The molecule has 1 atom stereocenters. The van der Waals surface area contributed by atoms with E-state index < -0.39 is 12.1 Å². The third-order valence-electron chi connectivity index (χ3n) is 8.77. The fourth-order valence-electron chi connectivity index (χ4n) is 5.37. The molecule has 0 aromatic rings.